The number of aromatic nitrogens is 5. The van der Waals surface area contributed by atoms with Crippen LogP contribution in [0.25, 0.3) is 18.0 Å². The molecule has 1 aliphatic heterocycles. The Morgan fingerprint density at radius 1 is 1.24 bits per heavy atom. The van der Waals surface area contributed by atoms with E-state index < -0.39 is 0 Å². The maximum atomic E-state index is 9.40. The van der Waals surface area contributed by atoms with Crippen LogP contribution in [0.15, 0.2) is 30.6 Å². The molecule has 4 rings (SSSR count). The van der Waals surface area contributed by atoms with Gasteiger partial charge in [0.2, 0.25) is 0 Å². The molecular formula is C18H15ClN6. The van der Waals surface area contributed by atoms with Gasteiger partial charge in [-0.25, -0.2) is 4.68 Å². The lowest BCUT2D eigenvalue weighted by Crippen LogP contribution is -2.11. The molecule has 25 heavy (non-hydrogen) atoms. The summed E-state index contributed by atoms with van der Waals surface area (Å²) in [6.45, 7) is 0.862. The van der Waals surface area contributed by atoms with E-state index in [1.165, 1.54) is 6.20 Å². The van der Waals surface area contributed by atoms with E-state index in [1.807, 2.05) is 35.0 Å². The van der Waals surface area contributed by atoms with E-state index in [0.717, 1.165) is 37.2 Å². The van der Waals surface area contributed by atoms with Gasteiger partial charge in [0.1, 0.15) is 11.1 Å². The van der Waals surface area contributed by atoms with Crippen molar-refractivity contribution in [1.29, 1.82) is 5.26 Å². The lowest BCUT2D eigenvalue weighted by atomic mass is 10.1. The zero-order valence-corrected chi connectivity index (χ0v) is 14.2. The highest BCUT2D eigenvalue weighted by Crippen LogP contribution is 2.30. The van der Waals surface area contributed by atoms with E-state index in [9.17, 15) is 5.26 Å². The Hall–Kier alpha value is -2.91. The average molecular weight is 351 g/mol. The minimum Gasteiger partial charge on any atom is -0.266 e. The summed E-state index contributed by atoms with van der Waals surface area (Å²) in [7, 11) is 0. The molecular weight excluding hydrogens is 336 g/mol. The average Bonchev–Trinajstić information content (AvgIpc) is 3.21. The number of rotatable bonds is 3. The van der Waals surface area contributed by atoms with Gasteiger partial charge in [-0.1, -0.05) is 17.7 Å². The summed E-state index contributed by atoms with van der Waals surface area (Å²) in [4.78, 5) is 4.26. The summed E-state index contributed by atoms with van der Waals surface area (Å²) in [6, 6.07) is 7.84. The highest BCUT2D eigenvalue weighted by Gasteiger charge is 2.22. The topological polar surface area (TPSA) is 72.3 Å². The Morgan fingerprint density at radius 2 is 2.16 bits per heavy atom. The van der Waals surface area contributed by atoms with E-state index in [-0.39, 0.29) is 0 Å². The number of nitrogens with zero attached hydrogens (tertiary/aromatic N) is 6. The van der Waals surface area contributed by atoms with Crippen molar-refractivity contribution in [1.82, 2.24) is 24.5 Å². The largest absolute Gasteiger partial charge is 0.266 e. The van der Waals surface area contributed by atoms with E-state index in [0.29, 0.717) is 22.1 Å². The molecule has 3 aromatic heterocycles. The van der Waals surface area contributed by atoms with Crippen LogP contribution < -0.4 is 0 Å². The molecule has 124 valence electrons. The number of pyridine rings is 1. The Balaban J connectivity index is 1.79. The molecule has 0 radical (unpaired) electrons. The summed E-state index contributed by atoms with van der Waals surface area (Å²) >= 11 is 6.55. The standard InChI is InChI=1S/C18H15ClN6/c19-17-16-6-2-4-10-24(16)23-18(17)25-15(13(11-20)12-22-25)8-7-14-5-1-3-9-21-14/h1,3,5,7-9,12H,2,4,6,10H2/b8-7+. The lowest BCUT2D eigenvalue weighted by molar-refractivity contribution is 0.484. The third kappa shape index (κ3) is 2.83. The highest BCUT2D eigenvalue weighted by atomic mass is 35.5. The summed E-state index contributed by atoms with van der Waals surface area (Å²) < 4.78 is 3.58. The van der Waals surface area contributed by atoms with E-state index in [1.54, 1.807) is 10.9 Å². The molecule has 0 spiro atoms. The van der Waals surface area contributed by atoms with Crippen LogP contribution in [0.2, 0.25) is 5.02 Å². The fourth-order valence-corrected chi connectivity index (χ4v) is 3.30. The van der Waals surface area contributed by atoms with Crippen molar-refractivity contribution >= 4 is 23.8 Å². The Labute approximate surface area is 150 Å². The molecule has 3 aromatic rings. The number of fused-ring (bicyclic) bond motifs is 1. The second-order valence-corrected chi connectivity index (χ2v) is 6.20. The molecule has 0 unspecified atom stereocenters. The van der Waals surface area contributed by atoms with Crippen molar-refractivity contribution in [3.63, 3.8) is 0 Å². The molecule has 0 saturated heterocycles. The first-order valence-electron chi connectivity index (χ1n) is 8.10. The summed E-state index contributed by atoms with van der Waals surface area (Å²) in [5.41, 5.74) is 2.95. The normalized spacial score (nSPS) is 13.8. The SMILES string of the molecule is N#Cc1cnn(-c2nn3c(c2Cl)CCCC3)c1/C=C/c1ccccn1. The van der Waals surface area contributed by atoms with Crippen LogP contribution in [0.3, 0.4) is 0 Å². The first kappa shape index (κ1) is 15.6. The maximum Gasteiger partial charge on any atom is 0.194 e. The van der Waals surface area contributed by atoms with E-state index >= 15 is 0 Å². The Kier molecular flexibility index (Phi) is 4.08. The third-order valence-corrected chi connectivity index (χ3v) is 4.62. The maximum absolute atomic E-state index is 9.40. The molecule has 0 N–H and O–H groups in total. The van der Waals surface area contributed by atoms with Crippen LogP contribution >= 0.6 is 11.6 Å². The molecule has 7 heteroatoms. The lowest BCUT2D eigenvalue weighted by Gasteiger charge is -2.12. The molecule has 0 amide bonds. The van der Waals surface area contributed by atoms with Crippen molar-refractivity contribution in [2.75, 3.05) is 0 Å². The van der Waals surface area contributed by atoms with Crippen molar-refractivity contribution in [2.45, 2.75) is 25.8 Å². The van der Waals surface area contributed by atoms with E-state index in [4.69, 9.17) is 11.6 Å². The smallest absolute Gasteiger partial charge is 0.194 e. The van der Waals surface area contributed by atoms with Gasteiger partial charge in [0.25, 0.3) is 0 Å². The molecule has 0 aromatic carbocycles. The number of hydrogen-bond acceptors (Lipinski definition) is 4. The third-order valence-electron chi connectivity index (χ3n) is 4.24. The van der Waals surface area contributed by atoms with Gasteiger partial charge in [0, 0.05) is 12.7 Å². The van der Waals surface area contributed by atoms with Crippen LogP contribution in [0, 0.1) is 11.3 Å². The van der Waals surface area contributed by atoms with Gasteiger partial charge in [0.15, 0.2) is 5.82 Å². The van der Waals surface area contributed by atoms with Gasteiger partial charge in [-0.2, -0.15) is 15.5 Å². The first-order chi connectivity index (χ1) is 12.3. The van der Waals surface area contributed by atoms with Gasteiger partial charge in [-0.05, 0) is 43.5 Å². The predicted octanol–water partition coefficient (Wildman–Crippen LogP) is 3.50. The quantitative estimate of drug-likeness (QED) is 0.724. The highest BCUT2D eigenvalue weighted by molar-refractivity contribution is 6.32. The molecule has 6 nitrogen and oxygen atoms in total. The molecule has 0 saturated carbocycles. The monoisotopic (exact) mass is 350 g/mol. The number of halogens is 1. The predicted molar refractivity (Wildman–Crippen MR) is 95.2 cm³/mol. The number of hydrogen-bond donors (Lipinski definition) is 0. The minimum absolute atomic E-state index is 0.467. The van der Waals surface area contributed by atoms with Gasteiger partial charge in [-0.15, -0.1) is 0 Å². The zero-order chi connectivity index (χ0) is 17.2. The number of nitriles is 1. The van der Waals surface area contributed by atoms with Crippen molar-refractivity contribution in [2.24, 2.45) is 0 Å². The summed E-state index contributed by atoms with van der Waals surface area (Å²) in [6.07, 6.45) is 10.0. The summed E-state index contributed by atoms with van der Waals surface area (Å²) in [5.74, 6) is 0.570. The van der Waals surface area contributed by atoms with Gasteiger partial charge >= 0.3 is 0 Å². The molecule has 0 fully saturated rings. The van der Waals surface area contributed by atoms with Crippen molar-refractivity contribution in [3.8, 4) is 11.9 Å². The fraction of sp³-hybridized carbons (Fsp3) is 0.222. The van der Waals surface area contributed by atoms with Crippen LogP contribution in [0.1, 0.15) is 35.5 Å². The van der Waals surface area contributed by atoms with Gasteiger partial charge < -0.3 is 0 Å². The van der Waals surface area contributed by atoms with Crippen LogP contribution in [-0.4, -0.2) is 24.5 Å². The van der Waals surface area contributed by atoms with Gasteiger partial charge in [-0.3, -0.25) is 9.67 Å². The molecule has 0 aliphatic carbocycles. The minimum atomic E-state index is 0.467. The molecule has 1 aliphatic rings. The van der Waals surface area contributed by atoms with Crippen molar-refractivity contribution < 1.29 is 0 Å². The molecule has 4 heterocycles. The van der Waals surface area contributed by atoms with Crippen LogP contribution in [0.5, 0.6) is 0 Å². The van der Waals surface area contributed by atoms with Crippen LogP contribution in [-0.2, 0) is 13.0 Å². The first-order valence-corrected chi connectivity index (χ1v) is 8.48. The van der Waals surface area contributed by atoms with Gasteiger partial charge in [0.05, 0.1) is 28.8 Å². The molecule has 0 atom stereocenters. The fourth-order valence-electron chi connectivity index (χ4n) is 2.99. The van der Waals surface area contributed by atoms with E-state index in [2.05, 4.69) is 21.3 Å². The number of aryl methyl sites for hydroxylation is 1. The second kappa shape index (κ2) is 6.54. The van der Waals surface area contributed by atoms with Crippen LogP contribution in [0.4, 0.5) is 0 Å². The zero-order valence-electron chi connectivity index (χ0n) is 13.4. The second-order valence-electron chi connectivity index (χ2n) is 5.82. The molecule has 0 bridgehead atoms. The Morgan fingerprint density at radius 3 is 2.92 bits per heavy atom. The summed E-state index contributed by atoms with van der Waals surface area (Å²) in [5, 5.41) is 19.0. The Bertz CT molecular complexity index is 977. The van der Waals surface area contributed by atoms with Crippen molar-refractivity contribution in [3.05, 3.63) is 58.3 Å².